The molecule has 1 heterocycles. The van der Waals surface area contributed by atoms with Gasteiger partial charge in [0, 0.05) is 11.5 Å². The van der Waals surface area contributed by atoms with Gasteiger partial charge >= 0.3 is 5.97 Å². The van der Waals surface area contributed by atoms with Crippen molar-refractivity contribution in [3.05, 3.63) is 28.2 Å². The quantitative estimate of drug-likeness (QED) is 0.713. The van der Waals surface area contributed by atoms with Crippen LogP contribution < -0.4 is 4.90 Å². The van der Waals surface area contributed by atoms with Gasteiger partial charge in [-0.05, 0) is 18.2 Å². The minimum atomic E-state index is -1.20. The molecule has 0 saturated carbocycles. The first kappa shape index (κ1) is 9.48. The van der Waals surface area contributed by atoms with E-state index in [1.807, 2.05) is 0 Å². The normalized spacial score (nSPS) is 20.4. The fraction of sp³-hybridized carbons (Fsp3) is 0.222. The second-order valence-electron chi connectivity index (χ2n) is 3.00. The number of fused-ring (bicyclic) bond motifs is 1. The van der Waals surface area contributed by atoms with Crippen molar-refractivity contribution >= 4 is 27.6 Å². The van der Waals surface area contributed by atoms with E-state index >= 15 is 0 Å². The number of hydrogen-bond donors (Lipinski definition) is 1. The number of nitrogens with zero attached hydrogens (tertiary/aromatic N) is 1. The van der Waals surface area contributed by atoms with Crippen LogP contribution in [0.1, 0.15) is 10.4 Å². The van der Waals surface area contributed by atoms with Gasteiger partial charge in [0.15, 0.2) is 0 Å². The summed E-state index contributed by atoms with van der Waals surface area (Å²) >= 11 is 3.26. The number of carbonyl (C=O) groups is 1. The number of esters is 1. The number of rotatable bonds is 0. The lowest BCUT2D eigenvalue weighted by Crippen LogP contribution is -2.40. The largest absolute Gasteiger partial charge is 0.413 e. The van der Waals surface area contributed by atoms with Crippen molar-refractivity contribution in [2.24, 2.45) is 0 Å². The monoisotopic (exact) mass is 257 g/mol. The molecular weight excluding hydrogens is 250 g/mol. The molecule has 1 N–H and O–H groups in total. The Morgan fingerprint density at radius 1 is 1.57 bits per heavy atom. The number of hydrogen-bond acceptors (Lipinski definition) is 4. The Hall–Kier alpha value is -1.07. The first-order valence-electron chi connectivity index (χ1n) is 4.01. The first-order chi connectivity index (χ1) is 6.59. The standard InChI is InChI=1S/C9H8BrNO3/c1-11-7-3-2-5(10)4-6(7)8(12)14-9(11)13/h2-4,9,13H,1H3. The molecule has 0 fully saturated rings. The number of ether oxygens (including phenoxy) is 1. The molecule has 1 atom stereocenters. The molecule has 1 unspecified atom stereocenters. The zero-order valence-electron chi connectivity index (χ0n) is 7.40. The van der Waals surface area contributed by atoms with Gasteiger partial charge in [0.1, 0.15) is 0 Å². The van der Waals surface area contributed by atoms with Gasteiger partial charge in [-0.25, -0.2) is 4.79 Å². The predicted molar refractivity (Wildman–Crippen MR) is 54.0 cm³/mol. The van der Waals surface area contributed by atoms with Crippen molar-refractivity contribution in [1.82, 2.24) is 0 Å². The van der Waals surface area contributed by atoms with E-state index in [0.717, 1.165) is 4.47 Å². The lowest BCUT2D eigenvalue weighted by Gasteiger charge is -2.31. The minimum absolute atomic E-state index is 0.451. The Morgan fingerprint density at radius 3 is 3.00 bits per heavy atom. The topological polar surface area (TPSA) is 49.8 Å². The van der Waals surface area contributed by atoms with E-state index in [0.29, 0.717) is 11.3 Å². The van der Waals surface area contributed by atoms with Crippen LogP contribution in [0.3, 0.4) is 0 Å². The number of halogens is 1. The number of carbonyl (C=O) groups excluding carboxylic acids is 1. The molecule has 1 aliphatic heterocycles. The van der Waals surface area contributed by atoms with Crippen LogP contribution in [0.2, 0.25) is 0 Å². The lowest BCUT2D eigenvalue weighted by atomic mass is 10.1. The van der Waals surface area contributed by atoms with E-state index in [-0.39, 0.29) is 0 Å². The fourth-order valence-corrected chi connectivity index (χ4v) is 1.70. The van der Waals surface area contributed by atoms with Crippen molar-refractivity contribution in [1.29, 1.82) is 0 Å². The summed E-state index contributed by atoms with van der Waals surface area (Å²) in [5.41, 5.74) is 1.11. The summed E-state index contributed by atoms with van der Waals surface area (Å²) in [5.74, 6) is -0.508. The van der Waals surface area contributed by atoms with Crippen LogP contribution in [-0.2, 0) is 4.74 Å². The van der Waals surface area contributed by atoms with Crippen LogP contribution in [-0.4, -0.2) is 24.5 Å². The fourth-order valence-electron chi connectivity index (χ4n) is 1.34. The molecule has 0 aromatic heterocycles. The van der Waals surface area contributed by atoms with Gasteiger partial charge in [-0.15, -0.1) is 0 Å². The average molecular weight is 258 g/mol. The first-order valence-corrected chi connectivity index (χ1v) is 4.80. The lowest BCUT2D eigenvalue weighted by molar-refractivity contribution is -0.0669. The maximum absolute atomic E-state index is 11.4. The average Bonchev–Trinajstić information content (AvgIpc) is 2.14. The molecule has 0 aliphatic carbocycles. The number of aliphatic hydroxyl groups is 1. The Bertz CT molecular complexity index is 394. The van der Waals surface area contributed by atoms with Gasteiger partial charge in [-0.3, -0.25) is 0 Å². The number of aliphatic hydroxyl groups excluding tert-OH is 1. The van der Waals surface area contributed by atoms with Gasteiger partial charge in [0.25, 0.3) is 6.41 Å². The molecule has 74 valence electrons. The van der Waals surface area contributed by atoms with Crippen LogP contribution in [0.15, 0.2) is 22.7 Å². The van der Waals surface area contributed by atoms with Gasteiger partial charge in [0.05, 0.1) is 11.3 Å². The highest BCUT2D eigenvalue weighted by molar-refractivity contribution is 9.10. The van der Waals surface area contributed by atoms with Crippen LogP contribution in [0.25, 0.3) is 0 Å². The van der Waals surface area contributed by atoms with Crippen LogP contribution in [0, 0.1) is 0 Å². The Balaban J connectivity index is 2.56. The van der Waals surface area contributed by atoms with E-state index in [2.05, 4.69) is 15.9 Å². The molecule has 4 nitrogen and oxygen atoms in total. The van der Waals surface area contributed by atoms with Crippen LogP contribution in [0.5, 0.6) is 0 Å². The molecule has 1 aromatic rings. The second-order valence-corrected chi connectivity index (χ2v) is 3.92. The molecule has 0 amide bonds. The van der Waals surface area contributed by atoms with Gasteiger partial charge in [-0.1, -0.05) is 15.9 Å². The summed E-state index contributed by atoms with van der Waals surface area (Å²) in [5, 5.41) is 9.34. The van der Waals surface area contributed by atoms with E-state index in [1.54, 1.807) is 25.2 Å². The molecular formula is C9H8BrNO3. The summed E-state index contributed by atoms with van der Waals surface area (Å²) in [6, 6.07) is 5.23. The second kappa shape index (κ2) is 3.25. The van der Waals surface area contributed by atoms with Crippen molar-refractivity contribution in [2.75, 3.05) is 11.9 Å². The van der Waals surface area contributed by atoms with E-state index in [4.69, 9.17) is 4.74 Å². The van der Waals surface area contributed by atoms with E-state index in [1.165, 1.54) is 4.90 Å². The Kier molecular flexibility index (Phi) is 2.20. The Labute approximate surface area is 89.2 Å². The minimum Gasteiger partial charge on any atom is -0.413 e. The molecule has 0 saturated heterocycles. The zero-order valence-corrected chi connectivity index (χ0v) is 8.98. The molecule has 0 spiro atoms. The molecule has 1 aliphatic rings. The smallest absolute Gasteiger partial charge is 0.343 e. The molecule has 1 aromatic carbocycles. The third-order valence-corrected chi connectivity index (χ3v) is 2.60. The maximum atomic E-state index is 11.4. The Morgan fingerprint density at radius 2 is 2.29 bits per heavy atom. The summed E-state index contributed by atoms with van der Waals surface area (Å²) in [6.07, 6.45) is -1.20. The van der Waals surface area contributed by atoms with Crippen LogP contribution >= 0.6 is 15.9 Å². The van der Waals surface area contributed by atoms with Crippen LogP contribution in [0.4, 0.5) is 5.69 Å². The van der Waals surface area contributed by atoms with E-state index in [9.17, 15) is 9.90 Å². The van der Waals surface area contributed by atoms with Gasteiger partial charge in [0.2, 0.25) is 0 Å². The van der Waals surface area contributed by atoms with Gasteiger partial charge in [-0.2, -0.15) is 0 Å². The third-order valence-electron chi connectivity index (χ3n) is 2.10. The molecule has 0 radical (unpaired) electrons. The zero-order chi connectivity index (χ0) is 10.3. The molecule has 0 bridgehead atoms. The van der Waals surface area contributed by atoms with Crippen molar-refractivity contribution in [3.8, 4) is 0 Å². The number of anilines is 1. The van der Waals surface area contributed by atoms with Crippen molar-refractivity contribution < 1.29 is 14.6 Å². The van der Waals surface area contributed by atoms with Gasteiger partial charge < -0.3 is 14.7 Å². The summed E-state index contributed by atoms with van der Waals surface area (Å²) < 4.78 is 5.51. The SMILES string of the molecule is CN1c2ccc(Br)cc2C(=O)OC1O. The third kappa shape index (κ3) is 1.38. The van der Waals surface area contributed by atoms with Crippen molar-refractivity contribution in [2.45, 2.75) is 6.41 Å². The number of cyclic esters (lactones) is 1. The summed E-state index contributed by atoms with van der Waals surface area (Å²) in [6.45, 7) is 0. The predicted octanol–water partition coefficient (Wildman–Crippen LogP) is 1.33. The summed E-state index contributed by atoms with van der Waals surface area (Å²) in [4.78, 5) is 12.9. The molecule has 5 heteroatoms. The van der Waals surface area contributed by atoms with E-state index < -0.39 is 12.4 Å². The highest BCUT2D eigenvalue weighted by Crippen LogP contribution is 2.29. The maximum Gasteiger partial charge on any atom is 0.343 e. The van der Waals surface area contributed by atoms with Crippen molar-refractivity contribution in [3.63, 3.8) is 0 Å². The highest BCUT2D eigenvalue weighted by atomic mass is 79.9. The summed E-state index contributed by atoms with van der Waals surface area (Å²) in [7, 11) is 1.66. The number of benzene rings is 1. The molecule has 14 heavy (non-hydrogen) atoms. The highest BCUT2D eigenvalue weighted by Gasteiger charge is 2.28. The molecule has 2 rings (SSSR count).